The molecule has 4 rings (SSSR count). The van der Waals surface area contributed by atoms with Crippen LogP contribution in [0.1, 0.15) is 18.4 Å². The Morgan fingerprint density at radius 1 is 1.04 bits per heavy atom. The summed E-state index contributed by atoms with van der Waals surface area (Å²) >= 11 is 0. The maximum absolute atomic E-state index is 11.9. The summed E-state index contributed by atoms with van der Waals surface area (Å²) in [6.45, 7) is 1.98. The summed E-state index contributed by atoms with van der Waals surface area (Å²) in [7, 11) is 0. The lowest BCUT2D eigenvalue weighted by Crippen LogP contribution is -2.14. The number of carboxylic acid groups (broad SMARTS) is 1. The quantitative estimate of drug-likeness (QED) is 0.631. The summed E-state index contributed by atoms with van der Waals surface area (Å²) in [4.78, 5) is 27.1. The summed E-state index contributed by atoms with van der Waals surface area (Å²) in [5, 5.41) is 16.1. The van der Waals surface area contributed by atoms with E-state index in [1.165, 1.54) is 0 Å². The lowest BCUT2D eigenvalue weighted by molar-refractivity contribution is -0.117. The first-order chi connectivity index (χ1) is 13.0. The maximum atomic E-state index is 11.9. The van der Waals surface area contributed by atoms with Crippen LogP contribution >= 0.6 is 0 Å². The number of anilines is 2. The maximum Gasteiger partial charge on any atom is 0.409 e. The number of aryl methyl sites for hydroxylation is 1. The molecule has 1 saturated carbocycles. The van der Waals surface area contributed by atoms with Gasteiger partial charge in [0.15, 0.2) is 0 Å². The predicted molar refractivity (Wildman–Crippen MR) is 105 cm³/mol. The molecule has 2 amide bonds. The molecule has 1 aliphatic rings. The number of aromatic nitrogens is 1. The molecular weight excluding hydrogens is 342 g/mol. The molecule has 0 aliphatic heterocycles. The van der Waals surface area contributed by atoms with Gasteiger partial charge >= 0.3 is 6.09 Å². The minimum absolute atomic E-state index is 0.0387. The molecule has 1 aromatic heterocycles. The highest BCUT2D eigenvalue weighted by molar-refractivity contribution is 5.96. The highest BCUT2D eigenvalue weighted by Crippen LogP contribution is 2.31. The molecule has 1 heterocycles. The number of carbonyl (C=O) groups is 2. The number of amides is 2. The molecule has 2 aromatic carbocycles. The molecule has 136 valence electrons. The van der Waals surface area contributed by atoms with Crippen LogP contribution in [0.2, 0.25) is 0 Å². The van der Waals surface area contributed by atoms with Gasteiger partial charge in [0.05, 0.1) is 0 Å². The Morgan fingerprint density at radius 3 is 2.59 bits per heavy atom. The van der Waals surface area contributed by atoms with E-state index in [0.29, 0.717) is 11.5 Å². The van der Waals surface area contributed by atoms with Crippen molar-refractivity contribution in [1.82, 2.24) is 4.98 Å². The summed E-state index contributed by atoms with van der Waals surface area (Å²) < 4.78 is 0. The van der Waals surface area contributed by atoms with E-state index in [1.807, 2.05) is 43.3 Å². The van der Waals surface area contributed by atoms with Gasteiger partial charge in [-0.1, -0.05) is 18.2 Å². The molecule has 0 bridgehead atoms. The molecule has 27 heavy (non-hydrogen) atoms. The Bertz CT molecular complexity index is 1060. The molecule has 0 saturated heterocycles. The van der Waals surface area contributed by atoms with Crippen molar-refractivity contribution in [3.8, 4) is 11.1 Å². The zero-order valence-electron chi connectivity index (χ0n) is 14.8. The number of hydrogen-bond acceptors (Lipinski definition) is 3. The van der Waals surface area contributed by atoms with Crippen molar-refractivity contribution in [3.63, 3.8) is 0 Å². The van der Waals surface area contributed by atoms with Gasteiger partial charge < -0.3 is 10.4 Å². The third kappa shape index (κ3) is 3.74. The highest BCUT2D eigenvalue weighted by Gasteiger charge is 2.29. The molecule has 1 fully saturated rings. The minimum Gasteiger partial charge on any atom is -0.465 e. The fourth-order valence-corrected chi connectivity index (χ4v) is 3.09. The van der Waals surface area contributed by atoms with Crippen LogP contribution in [-0.2, 0) is 4.79 Å². The zero-order chi connectivity index (χ0) is 19.0. The number of rotatable bonds is 4. The molecule has 0 spiro atoms. The fraction of sp³-hybridized carbons (Fsp3) is 0.190. The first-order valence-electron chi connectivity index (χ1n) is 8.81. The van der Waals surface area contributed by atoms with Crippen molar-refractivity contribution in [1.29, 1.82) is 0 Å². The summed E-state index contributed by atoms with van der Waals surface area (Å²) in [6.07, 6.45) is 2.57. The number of benzene rings is 2. The van der Waals surface area contributed by atoms with Gasteiger partial charge in [-0.05, 0) is 66.1 Å². The summed E-state index contributed by atoms with van der Waals surface area (Å²) in [5.41, 5.74) is 3.51. The van der Waals surface area contributed by atoms with Crippen molar-refractivity contribution in [3.05, 3.63) is 54.2 Å². The zero-order valence-corrected chi connectivity index (χ0v) is 14.8. The molecule has 0 unspecified atom stereocenters. The van der Waals surface area contributed by atoms with Crippen molar-refractivity contribution < 1.29 is 14.7 Å². The Labute approximate surface area is 156 Å². The van der Waals surface area contributed by atoms with E-state index in [4.69, 9.17) is 5.11 Å². The summed E-state index contributed by atoms with van der Waals surface area (Å²) in [6, 6.07) is 13.3. The molecular formula is C21H19N3O3. The van der Waals surface area contributed by atoms with Crippen LogP contribution in [0.3, 0.4) is 0 Å². The van der Waals surface area contributed by atoms with Gasteiger partial charge in [-0.25, -0.2) is 9.78 Å². The van der Waals surface area contributed by atoms with Gasteiger partial charge in [0.1, 0.15) is 5.82 Å². The van der Waals surface area contributed by atoms with Crippen molar-refractivity contribution >= 4 is 34.3 Å². The summed E-state index contributed by atoms with van der Waals surface area (Å²) in [5.74, 6) is 0.743. The van der Waals surface area contributed by atoms with E-state index in [2.05, 4.69) is 15.6 Å². The van der Waals surface area contributed by atoms with Crippen LogP contribution in [0.25, 0.3) is 21.9 Å². The second-order valence-corrected chi connectivity index (χ2v) is 6.85. The van der Waals surface area contributed by atoms with Crippen molar-refractivity contribution in [2.45, 2.75) is 19.8 Å². The van der Waals surface area contributed by atoms with Gasteiger partial charge in [-0.15, -0.1) is 0 Å². The normalized spacial score (nSPS) is 13.4. The highest BCUT2D eigenvalue weighted by atomic mass is 16.4. The number of nitrogens with one attached hydrogen (secondary N) is 2. The number of hydrogen-bond donors (Lipinski definition) is 3. The monoisotopic (exact) mass is 361 g/mol. The van der Waals surface area contributed by atoms with E-state index < -0.39 is 6.09 Å². The van der Waals surface area contributed by atoms with Crippen LogP contribution < -0.4 is 10.6 Å². The number of carbonyl (C=O) groups excluding carboxylic acids is 1. The Balaban J connectivity index is 1.65. The van der Waals surface area contributed by atoms with Gasteiger partial charge in [0.2, 0.25) is 5.91 Å². The topological polar surface area (TPSA) is 91.3 Å². The first kappa shape index (κ1) is 17.0. The second-order valence-electron chi connectivity index (χ2n) is 6.85. The molecule has 6 heteroatoms. The van der Waals surface area contributed by atoms with Crippen LogP contribution in [0.4, 0.5) is 16.3 Å². The molecule has 0 radical (unpaired) electrons. The number of fused-ring (bicyclic) bond motifs is 1. The van der Waals surface area contributed by atoms with Crippen LogP contribution in [0.15, 0.2) is 48.7 Å². The van der Waals surface area contributed by atoms with Gasteiger partial charge in [0.25, 0.3) is 0 Å². The third-order valence-corrected chi connectivity index (χ3v) is 4.72. The molecule has 0 atom stereocenters. The largest absolute Gasteiger partial charge is 0.465 e. The van der Waals surface area contributed by atoms with Crippen LogP contribution in [0.5, 0.6) is 0 Å². The Kier molecular flexibility index (Phi) is 4.24. The van der Waals surface area contributed by atoms with E-state index in [0.717, 1.165) is 40.3 Å². The average Bonchev–Trinajstić information content (AvgIpc) is 3.48. The lowest BCUT2D eigenvalue weighted by atomic mass is 9.98. The van der Waals surface area contributed by atoms with Crippen LogP contribution in [-0.4, -0.2) is 22.1 Å². The van der Waals surface area contributed by atoms with Crippen molar-refractivity contribution in [2.75, 3.05) is 10.6 Å². The Morgan fingerprint density at radius 2 is 1.85 bits per heavy atom. The van der Waals surface area contributed by atoms with E-state index in [9.17, 15) is 9.59 Å². The SMILES string of the molecule is Cc1ccc(NC(=O)O)cc1-c1ccc2cc(NC(=O)C3CC3)ncc2c1. The van der Waals surface area contributed by atoms with E-state index in [-0.39, 0.29) is 11.8 Å². The Hall–Kier alpha value is -3.41. The van der Waals surface area contributed by atoms with E-state index in [1.54, 1.807) is 12.3 Å². The number of nitrogens with zero attached hydrogens (tertiary/aromatic N) is 1. The molecule has 1 aliphatic carbocycles. The minimum atomic E-state index is -1.09. The lowest BCUT2D eigenvalue weighted by Gasteiger charge is -2.11. The third-order valence-electron chi connectivity index (χ3n) is 4.72. The van der Waals surface area contributed by atoms with Gasteiger partial charge in [-0.2, -0.15) is 0 Å². The smallest absolute Gasteiger partial charge is 0.409 e. The van der Waals surface area contributed by atoms with Crippen molar-refractivity contribution in [2.24, 2.45) is 5.92 Å². The standard InChI is InChI=1S/C21H19N3O3/c1-12-2-7-17(23-21(26)27)10-18(12)15-6-5-14-9-19(22-11-16(14)8-15)24-20(25)13-3-4-13/h2,5-11,13,23H,3-4H2,1H3,(H,26,27)(H,22,24,25). The number of pyridine rings is 1. The molecule has 3 aromatic rings. The molecule has 3 N–H and O–H groups in total. The molecule has 6 nitrogen and oxygen atoms in total. The van der Waals surface area contributed by atoms with Crippen LogP contribution in [0, 0.1) is 12.8 Å². The van der Waals surface area contributed by atoms with E-state index >= 15 is 0 Å². The fourth-order valence-electron chi connectivity index (χ4n) is 3.09. The van der Waals surface area contributed by atoms with Gasteiger partial charge in [-0.3, -0.25) is 10.1 Å². The average molecular weight is 361 g/mol. The first-order valence-corrected chi connectivity index (χ1v) is 8.81. The second kappa shape index (κ2) is 6.72. The predicted octanol–water partition coefficient (Wildman–Crippen LogP) is 4.65. The van der Waals surface area contributed by atoms with Gasteiger partial charge in [0, 0.05) is 23.2 Å².